The zero-order valence-electron chi connectivity index (χ0n) is 10.9. The van der Waals surface area contributed by atoms with Gasteiger partial charge < -0.3 is 5.73 Å². The molecule has 0 radical (unpaired) electrons. The highest BCUT2D eigenvalue weighted by molar-refractivity contribution is 7.98. The van der Waals surface area contributed by atoms with Gasteiger partial charge in [-0.25, -0.2) is 13.1 Å². The van der Waals surface area contributed by atoms with Gasteiger partial charge >= 0.3 is 0 Å². The summed E-state index contributed by atoms with van der Waals surface area (Å²) in [5, 5.41) is 0. The monoisotopic (exact) mass is 288 g/mol. The number of aryl methyl sites for hydroxylation is 1. The molecule has 6 heteroatoms. The first kappa shape index (κ1) is 15.3. The Morgan fingerprint density at radius 3 is 2.67 bits per heavy atom. The Morgan fingerprint density at radius 2 is 2.11 bits per heavy atom. The van der Waals surface area contributed by atoms with Gasteiger partial charge in [-0.3, -0.25) is 0 Å². The molecule has 0 spiro atoms. The zero-order valence-corrected chi connectivity index (χ0v) is 12.6. The predicted molar refractivity (Wildman–Crippen MR) is 78.3 cm³/mol. The minimum Gasteiger partial charge on any atom is -0.399 e. The molecule has 1 unspecified atom stereocenters. The summed E-state index contributed by atoms with van der Waals surface area (Å²) in [5.74, 6) is 1.24. The molecule has 3 N–H and O–H groups in total. The number of benzene rings is 1. The maximum atomic E-state index is 12.0. The molecule has 0 aliphatic heterocycles. The molecule has 0 aromatic heterocycles. The van der Waals surface area contributed by atoms with Crippen LogP contribution in [-0.2, 0) is 10.0 Å². The molecule has 0 aliphatic carbocycles. The first-order valence-electron chi connectivity index (χ1n) is 5.71. The summed E-state index contributed by atoms with van der Waals surface area (Å²) in [6.45, 7) is 4.27. The van der Waals surface area contributed by atoms with Crippen LogP contribution in [0.1, 0.15) is 12.5 Å². The minimum atomic E-state index is -3.43. The van der Waals surface area contributed by atoms with Crippen molar-refractivity contribution in [2.24, 2.45) is 5.92 Å². The molecular formula is C12H20N2O2S2. The number of nitrogen functional groups attached to an aromatic ring is 1. The van der Waals surface area contributed by atoms with Crippen molar-refractivity contribution < 1.29 is 8.42 Å². The number of sulfonamides is 1. The van der Waals surface area contributed by atoms with Crippen LogP contribution in [0.25, 0.3) is 0 Å². The van der Waals surface area contributed by atoms with E-state index in [9.17, 15) is 8.42 Å². The summed E-state index contributed by atoms with van der Waals surface area (Å²) >= 11 is 1.71. The van der Waals surface area contributed by atoms with Gasteiger partial charge in [-0.2, -0.15) is 11.8 Å². The Morgan fingerprint density at radius 1 is 1.44 bits per heavy atom. The van der Waals surface area contributed by atoms with Crippen LogP contribution in [0.5, 0.6) is 0 Å². The Kier molecular flexibility index (Phi) is 5.49. The lowest BCUT2D eigenvalue weighted by atomic mass is 10.2. The third kappa shape index (κ3) is 4.19. The largest absolute Gasteiger partial charge is 0.399 e. The van der Waals surface area contributed by atoms with Crippen LogP contribution >= 0.6 is 11.8 Å². The molecule has 0 bridgehead atoms. The number of thioether (sulfide) groups is 1. The van der Waals surface area contributed by atoms with Crippen LogP contribution in [0.4, 0.5) is 5.69 Å². The smallest absolute Gasteiger partial charge is 0.240 e. The fraction of sp³-hybridized carbons (Fsp3) is 0.500. The van der Waals surface area contributed by atoms with E-state index in [4.69, 9.17) is 5.73 Å². The molecule has 0 saturated heterocycles. The second kappa shape index (κ2) is 6.45. The number of nitrogens with two attached hydrogens (primary N) is 1. The Balaban J connectivity index is 2.77. The highest BCUT2D eigenvalue weighted by Crippen LogP contribution is 2.17. The molecule has 0 aliphatic rings. The summed E-state index contributed by atoms with van der Waals surface area (Å²) in [6, 6.07) is 4.75. The molecule has 1 aromatic rings. The SMILES string of the molecule is CSCC(C)CNS(=O)(=O)c1ccc(N)c(C)c1. The van der Waals surface area contributed by atoms with Crippen LogP contribution in [-0.4, -0.2) is 27.0 Å². The van der Waals surface area contributed by atoms with Crippen molar-refractivity contribution in [2.45, 2.75) is 18.7 Å². The van der Waals surface area contributed by atoms with E-state index in [1.165, 1.54) is 6.07 Å². The van der Waals surface area contributed by atoms with Gasteiger partial charge in [-0.15, -0.1) is 0 Å². The Hall–Kier alpha value is -0.720. The molecule has 1 aromatic carbocycles. The van der Waals surface area contributed by atoms with E-state index >= 15 is 0 Å². The van der Waals surface area contributed by atoms with Crippen molar-refractivity contribution in [1.82, 2.24) is 4.72 Å². The molecule has 18 heavy (non-hydrogen) atoms. The topological polar surface area (TPSA) is 72.2 Å². The predicted octanol–water partition coefficient (Wildman–Crippen LogP) is 1.85. The molecule has 0 amide bonds. The quantitative estimate of drug-likeness (QED) is 0.784. The van der Waals surface area contributed by atoms with Crippen LogP contribution in [0, 0.1) is 12.8 Å². The van der Waals surface area contributed by atoms with Crippen LogP contribution < -0.4 is 10.5 Å². The molecule has 0 fully saturated rings. The van der Waals surface area contributed by atoms with Gasteiger partial charge in [-0.1, -0.05) is 6.92 Å². The van der Waals surface area contributed by atoms with Gasteiger partial charge in [0.2, 0.25) is 10.0 Å². The molecule has 0 heterocycles. The van der Waals surface area contributed by atoms with Crippen LogP contribution in [0.2, 0.25) is 0 Å². The fourth-order valence-corrected chi connectivity index (χ4v) is 3.43. The van der Waals surface area contributed by atoms with Crippen molar-refractivity contribution >= 4 is 27.5 Å². The Labute approximate surface area is 113 Å². The van der Waals surface area contributed by atoms with Crippen LogP contribution in [0.15, 0.2) is 23.1 Å². The summed E-state index contributed by atoms with van der Waals surface area (Å²) < 4.78 is 26.7. The molecule has 1 atom stereocenters. The Bertz CT molecular complexity index is 501. The third-order valence-corrected chi connectivity index (χ3v) is 4.95. The lowest BCUT2D eigenvalue weighted by molar-refractivity contribution is 0.562. The van der Waals surface area contributed by atoms with E-state index in [2.05, 4.69) is 4.72 Å². The van der Waals surface area contributed by atoms with Gasteiger partial charge in [-0.05, 0) is 48.6 Å². The number of nitrogens with one attached hydrogen (secondary N) is 1. The van der Waals surface area contributed by atoms with Gasteiger partial charge in [0, 0.05) is 12.2 Å². The van der Waals surface area contributed by atoms with Crippen molar-refractivity contribution in [3.8, 4) is 0 Å². The minimum absolute atomic E-state index is 0.269. The van der Waals surface area contributed by atoms with Crippen molar-refractivity contribution in [3.05, 3.63) is 23.8 Å². The second-order valence-electron chi connectivity index (χ2n) is 4.43. The zero-order chi connectivity index (χ0) is 13.8. The molecule has 4 nitrogen and oxygen atoms in total. The molecule has 0 saturated carbocycles. The fourth-order valence-electron chi connectivity index (χ4n) is 1.49. The highest BCUT2D eigenvalue weighted by atomic mass is 32.2. The van der Waals surface area contributed by atoms with E-state index < -0.39 is 10.0 Å². The van der Waals surface area contributed by atoms with E-state index in [0.717, 1.165) is 11.3 Å². The lowest BCUT2D eigenvalue weighted by Gasteiger charge is -2.12. The second-order valence-corrected chi connectivity index (χ2v) is 7.11. The average Bonchev–Trinajstić information content (AvgIpc) is 2.30. The number of rotatable bonds is 6. The van der Waals surface area contributed by atoms with Gasteiger partial charge in [0.1, 0.15) is 0 Å². The lowest BCUT2D eigenvalue weighted by Crippen LogP contribution is -2.29. The number of anilines is 1. The van der Waals surface area contributed by atoms with Crippen LogP contribution in [0.3, 0.4) is 0 Å². The standard InChI is InChI=1S/C12H20N2O2S2/c1-9(8-17-3)7-14-18(15,16)11-4-5-12(13)10(2)6-11/h4-6,9,14H,7-8,13H2,1-3H3. The van der Waals surface area contributed by atoms with Crippen molar-refractivity contribution in [3.63, 3.8) is 0 Å². The molecular weight excluding hydrogens is 268 g/mol. The molecule has 102 valence electrons. The summed E-state index contributed by atoms with van der Waals surface area (Å²) in [4.78, 5) is 0.269. The summed E-state index contributed by atoms with van der Waals surface area (Å²) in [7, 11) is -3.43. The van der Waals surface area contributed by atoms with E-state index in [1.807, 2.05) is 13.2 Å². The maximum absolute atomic E-state index is 12.0. The van der Waals surface area contributed by atoms with E-state index in [1.54, 1.807) is 30.8 Å². The van der Waals surface area contributed by atoms with Gasteiger partial charge in [0.15, 0.2) is 0 Å². The molecule has 1 rings (SSSR count). The van der Waals surface area contributed by atoms with E-state index in [0.29, 0.717) is 18.2 Å². The normalized spacial score (nSPS) is 13.5. The maximum Gasteiger partial charge on any atom is 0.240 e. The number of hydrogen-bond acceptors (Lipinski definition) is 4. The number of hydrogen-bond donors (Lipinski definition) is 2. The first-order valence-corrected chi connectivity index (χ1v) is 8.59. The summed E-state index contributed by atoms with van der Waals surface area (Å²) in [6.07, 6.45) is 2.01. The van der Waals surface area contributed by atoms with Crippen molar-refractivity contribution in [2.75, 3.05) is 24.3 Å². The van der Waals surface area contributed by atoms with Gasteiger partial charge in [0.25, 0.3) is 0 Å². The summed E-state index contributed by atoms with van der Waals surface area (Å²) in [5.41, 5.74) is 7.05. The van der Waals surface area contributed by atoms with E-state index in [-0.39, 0.29) is 4.90 Å². The van der Waals surface area contributed by atoms with Gasteiger partial charge in [0.05, 0.1) is 4.90 Å². The third-order valence-electron chi connectivity index (χ3n) is 2.62. The van der Waals surface area contributed by atoms with Crippen molar-refractivity contribution in [1.29, 1.82) is 0 Å². The highest BCUT2D eigenvalue weighted by Gasteiger charge is 2.15. The first-order chi connectivity index (χ1) is 8.36. The average molecular weight is 288 g/mol.